The highest BCUT2D eigenvalue weighted by Crippen LogP contribution is 2.12. The molecule has 0 spiro atoms. The molecule has 2 aromatic carbocycles. The summed E-state index contributed by atoms with van der Waals surface area (Å²) in [6, 6.07) is 18.9. The first kappa shape index (κ1) is 15.1. The second-order valence-electron chi connectivity index (χ2n) is 4.57. The van der Waals surface area contributed by atoms with Crippen molar-refractivity contribution in [1.82, 2.24) is 5.48 Å². The van der Waals surface area contributed by atoms with Gasteiger partial charge in [-0.15, -0.1) is 0 Å². The lowest BCUT2D eigenvalue weighted by molar-refractivity contribution is -0.142. The minimum Gasteiger partial charge on any atom is -0.481 e. The maximum absolute atomic E-state index is 12.0. The lowest BCUT2D eigenvalue weighted by Crippen LogP contribution is -2.37. The van der Waals surface area contributed by atoms with Crippen LogP contribution in [0.4, 0.5) is 0 Å². The van der Waals surface area contributed by atoms with Gasteiger partial charge in [0.1, 0.15) is 5.75 Å². The molecule has 2 aromatic rings. The van der Waals surface area contributed by atoms with Crippen LogP contribution in [0.25, 0.3) is 0 Å². The van der Waals surface area contributed by atoms with Gasteiger partial charge in [0.2, 0.25) is 0 Å². The maximum Gasteiger partial charge on any atom is 0.284 e. The van der Waals surface area contributed by atoms with E-state index in [4.69, 9.17) is 9.57 Å². The molecule has 0 bridgehead atoms. The number of hydroxylamine groups is 1. The van der Waals surface area contributed by atoms with Crippen molar-refractivity contribution in [1.29, 1.82) is 0 Å². The van der Waals surface area contributed by atoms with E-state index in [1.165, 1.54) is 0 Å². The monoisotopic (exact) mass is 285 g/mol. The number of ether oxygens (including phenoxy) is 1. The number of rotatable bonds is 7. The quantitative estimate of drug-likeness (QED) is 0.795. The summed E-state index contributed by atoms with van der Waals surface area (Å²) in [6.07, 6.45) is -0.00160. The molecule has 21 heavy (non-hydrogen) atoms. The molecular formula is C17H19NO3. The van der Waals surface area contributed by atoms with E-state index in [0.717, 1.165) is 5.56 Å². The van der Waals surface area contributed by atoms with Gasteiger partial charge in [0.25, 0.3) is 5.91 Å². The molecular weight excluding hydrogens is 266 g/mol. The number of hydrogen-bond donors (Lipinski definition) is 1. The largest absolute Gasteiger partial charge is 0.481 e. The molecule has 0 saturated carbocycles. The smallest absolute Gasteiger partial charge is 0.284 e. The molecule has 0 saturated heterocycles. The lowest BCUT2D eigenvalue weighted by atomic mass is 10.2. The molecule has 4 nitrogen and oxygen atoms in total. The van der Waals surface area contributed by atoms with Gasteiger partial charge >= 0.3 is 0 Å². The average molecular weight is 285 g/mol. The van der Waals surface area contributed by atoms with Crippen molar-refractivity contribution >= 4 is 5.91 Å². The molecule has 0 aromatic heterocycles. The molecule has 0 aliphatic heterocycles. The number of benzene rings is 2. The van der Waals surface area contributed by atoms with Crippen LogP contribution in [0.3, 0.4) is 0 Å². The SMILES string of the molecule is CCC(Oc1ccccc1)C(=O)NOCc1ccccc1. The summed E-state index contributed by atoms with van der Waals surface area (Å²) in [5, 5.41) is 0. The van der Waals surface area contributed by atoms with Gasteiger partial charge in [-0.05, 0) is 24.1 Å². The fraction of sp³-hybridized carbons (Fsp3) is 0.235. The standard InChI is InChI=1S/C17H19NO3/c1-2-16(21-15-11-7-4-8-12-15)17(19)18-20-13-14-9-5-3-6-10-14/h3-12,16H,2,13H2,1H3,(H,18,19). The summed E-state index contributed by atoms with van der Waals surface area (Å²) >= 11 is 0. The molecule has 1 amide bonds. The van der Waals surface area contributed by atoms with Crippen LogP contribution in [0.2, 0.25) is 0 Å². The van der Waals surface area contributed by atoms with Crippen LogP contribution in [0.5, 0.6) is 5.75 Å². The third-order valence-corrected chi connectivity index (χ3v) is 2.94. The topological polar surface area (TPSA) is 47.6 Å². The molecule has 1 unspecified atom stereocenters. The maximum atomic E-state index is 12.0. The van der Waals surface area contributed by atoms with Crippen LogP contribution in [-0.2, 0) is 16.2 Å². The summed E-state index contributed by atoms with van der Waals surface area (Å²) in [7, 11) is 0. The molecule has 0 aliphatic rings. The highest BCUT2D eigenvalue weighted by molar-refractivity contribution is 5.80. The van der Waals surface area contributed by atoms with Crippen LogP contribution in [0, 0.1) is 0 Å². The first-order chi connectivity index (χ1) is 10.3. The Kier molecular flexibility index (Phi) is 5.79. The van der Waals surface area contributed by atoms with Crippen molar-refractivity contribution in [3.63, 3.8) is 0 Å². The van der Waals surface area contributed by atoms with Crippen LogP contribution in [0.15, 0.2) is 60.7 Å². The van der Waals surface area contributed by atoms with Gasteiger partial charge in [0.05, 0.1) is 6.61 Å². The van der Waals surface area contributed by atoms with Gasteiger partial charge in [-0.1, -0.05) is 55.5 Å². The summed E-state index contributed by atoms with van der Waals surface area (Å²) in [4.78, 5) is 17.2. The third-order valence-electron chi connectivity index (χ3n) is 2.94. The summed E-state index contributed by atoms with van der Waals surface area (Å²) in [6.45, 7) is 2.22. The van der Waals surface area contributed by atoms with E-state index in [2.05, 4.69) is 5.48 Å². The highest BCUT2D eigenvalue weighted by atomic mass is 16.7. The van der Waals surface area contributed by atoms with Crippen molar-refractivity contribution in [2.24, 2.45) is 0 Å². The zero-order valence-electron chi connectivity index (χ0n) is 12.0. The highest BCUT2D eigenvalue weighted by Gasteiger charge is 2.18. The van der Waals surface area contributed by atoms with Crippen molar-refractivity contribution < 1.29 is 14.4 Å². The Morgan fingerprint density at radius 3 is 2.29 bits per heavy atom. The van der Waals surface area contributed by atoms with E-state index >= 15 is 0 Å². The van der Waals surface area contributed by atoms with Gasteiger partial charge in [-0.3, -0.25) is 9.63 Å². The number of nitrogens with one attached hydrogen (secondary N) is 1. The summed E-state index contributed by atoms with van der Waals surface area (Å²) in [5.41, 5.74) is 3.43. The zero-order chi connectivity index (χ0) is 14.9. The van der Waals surface area contributed by atoms with Crippen molar-refractivity contribution in [3.05, 3.63) is 66.2 Å². The van der Waals surface area contributed by atoms with E-state index in [1.807, 2.05) is 67.6 Å². The molecule has 0 aliphatic carbocycles. The van der Waals surface area contributed by atoms with Gasteiger partial charge in [0, 0.05) is 0 Å². The van der Waals surface area contributed by atoms with Gasteiger partial charge in [-0.2, -0.15) is 0 Å². The summed E-state index contributed by atoms with van der Waals surface area (Å²) < 4.78 is 5.64. The van der Waals surface area contributed by atoms with E-state index in [0.29, 0.717) is 18.8 Å². The van der Waals surface area contributed by atoms with Crippen LogP contribution >= 0.6 is 0 Å². The lowest BCUT2D eigenvalue weighted by Gasteiger charge is -2.17. The number of amides is 1. The fourth-order valence-corrected chi connectivity index (χ4v) is 1.82. The normalized spacial score (nSPS) is 11.7. The first-order valence-corrected chi connectivity index (χ1v) is 6.97. The number of carbonyl (C=O) groups is 1. The summed E-state index contributed by atoms with van der Waals surface area (Å²) in [5.74, 6) is 0.389. The number of hydrogen-bond acceptors (Lipinski definition) is 3. The predicted octanol–water partition coefficient (Wildman–Crippen LogP) is 3.09. The first-order valence-electron chi connectivity index (χ1n) is 6.97. The molecule has 4 heteroatoms. The van der Waals surface area contributed by atoms with Gasteiger partial charge < -0.3 is 4.74 Å². The Labute approximate surface area is 124 Å². The second kappa shape index (κ2) is 8.07. The minimum atomic E-state index is -0.567. The molecule has 0 heterocycles. The predicted molar refractivity (Wildman–Crippen MR) is 80.5 cm³/mol. The van der Waals surface area contributed by atoms with Crippen LogP contribution in [-0.4, -0.2) is 12.0 Å². The molecule has 110 valence electrons. The molecule has 1 atom stereocenters. The zero-order valence-corrected chi connectivity index (χ0v) is 12.0. The van der Waals surface area contributed by atoms with Gasteiger partial charge in [0.15, 0.2) is 6.10 Å². The Hall–Kier alpha value is -2.33. The van der Waals surface area contributed by atoms with Crippen molar-refractivity contribution in [2.75, 3.05) is 0 Å². The van der Waals surface area contributed by atoms with Crippen molar-refractivity contribution in [2.45, 2.75) is 26.1 Å². The Bertz CT molecular complexity index is 542. The van der Waals surface area contributed by atoms with E-state index in [9.17, 15) is 4.79 Å². The average Bonchev–Trinajstić information content (AvgIpc) is 2.54. The van der Waals surface area contributed by atoms with E-state index in [1.54, 1.807) is 0 Å². The van der Waals surface area contributed by atoms with Gasteiger partial charge in [-0.25, -0.2) is 5.48 Å². The molecule has 0 fully saturated rings. The van der Waals surface area contributed by atoms with E-state index in [-0.39, 0.29) is 5.91 Å². The van der Waals surface area contributed by atoms with Crippen molar-refractivity contribution in [3.8, 4) is 5.75 Å². The number of para-hydroxylation sites is 1. The third kappa shape index (κ3) is 4.93. The number of carbonyl (C=O) groups excluding carboxylic acids is 1. The van der Waals surface area contributed by atoms with Crippen LogP contribution < -0.4 is 10.2 Å². The Morgan fingerprint density at radius 1 is 1.05 bits per heavy atom. The molecule has 0 radical (unpaired) electrons. The van der Waals surface area contributed by atoms with E-state index < -0.39 is 6.10 Å². The Balaban J connectivity index is 1.80. The second-order valence-corrected chi connectivity index (χ2v) is 4.57. The minimum absolute atomic E-state index is 0.280. The fourth-order valence-electron chi connectivity index (χ4n) is 1.82. The van der Waals surface area contributed by atoms with Crippen LogP contribution in [0.1, 0.15) is 18.9 Å². The molecule has 2 rings (SSSR count). The Morgan fingerprint density at radius 2 is 1.67 bits per heavy atom. The molecule has 1 N–H and O–H groups in total.